The number of carbonyl (C=O) groups excluding carboxylic acids is 1. The van der Waals surface area contributed by atoms with Crippen molar-refractivity contribution < 1.29 is 9.53 Å². The lowest BCUT2D eigenvalue weighted by Crippen LogP contribution is -2.16. The molecule has 0 aromatic carbocycles. The fourth-order valence-corrected chi connectivity index (χ4v) is 2.57. The molecule has 0 bridgehead atoms. The first-order valence-electron chi connectivity index (χ1n) is 5.73. The minimum absolute atomic E-state index is 0.0356. The van der Waals surface area contributed by atoms with Crippen LogP contribution >= 0.6 is 11.3 Å². The summed E-state index contributed by atoms with van der Waals surface area (Å²) in [6.07, 6.45) is 0. The van der Waals surface area contributed by atoms with E-state index < -0.39 is 5.97 Å². The highest BCUT2D eigenvalue weighted by atomic mass is 32.1. The molecular formula is C12H14N2O3S. The van der Waals surface area contributed by atoms with Crippen LogP contribution in [0.25, 0.3) is 10.2 Å². The van der Waals surface area contributed by atoms with Gasteiger partial charge < -0.3 is 9.72 Å². The van der Waals surface area contributed by atoms with Crippen molar-refractivity contribution in [2.24, 2.45) is 0 Å². The number of ether oxygens (including phenoxy) is 1. The Bertz CT molecular complexity index is 642. The molecule has 6 heteroatoms. The molecule has 0 aliphatic heterocycles. The predicted octanol–water partition coefficient (Wildman–Crippen LogP) is 2.28. The molecule has 96 valence electrons. The van der Waals surface area contributed by atoms with Crippen LogP contribution in [0.5, 0.6) is 0 Å². The van der Waals surface area contributed by atoms with Gasteiger partial charge in [0, 0.05) is 4.88 Å². The van der Waals surface area contributed by atoms with Crippen molar-refractivity contribution >= 4 is 27.5 Å². The molecule has 0 aliphatic rings. The van der Waals surface area contributed by atoms with Crippen molar-refractivity contribution in [3.63, 3.8) is 0 Å². The molecule has 0 fully saturated rings. The largest absolute Gasteiger partial charge is 0.460 e. The van der Waals surface area contributed by atoms with Crippen molar-refractivity contribution in [2.75, 3.05) is 6.61 Å². The van der Waals surface area contributed by atoms with E-state index in [4.69, 9.17) is 4.74 Å². The summed E-state index contributed by atoms with van der Waals surface area (Å²) in [6, 6.07) is 1.82. The van der Waals surface area contributed by atoms with Crippen molar-refractivity contribution in [3.05, 3.63) is 27.1 Å². The van der Waals surface area contributed by atoms with E-state index in [0.29, 0.717) is 16.1 Å². The van der Waals surface area contributed by atoms with E-state index in [0.717, 1.165) is 4.88 Å². The van der Waals surface area contributed by atoms with E-state index in [9.17, 15) is 9.59 Å². The first-order chi connectivity index (χ1) is 8.52. The average molecular weight is 266 g/mol. The van der Waals surface area contributed by atoms with Crippen LogP contribution in [0.15, 0.2) is 10.9 Å². The first kappa shape index (κ1) is 12.8. The number of hydrogen-bond acceptors (Lipinski definition) is 5. The number of esters is 1. The number of carbonyl (C=O) groups is 1. The van der Waals surface area contributed by atoms with Crippen LogP contribution in [-0.4, -0.2) is 22.5 Å². The molecule has 0 saturated heterocycles. The van der Waals surface area contributed by atoms with Crippen molar-refractivity contribution in [1.29, 1.82) is 0 Å². The second-order valence-corrected chi connectivity index (χ2v) is 5.22. The van der Waals surface area contributed by atoms with Gasteiger partial charge in [0.2, 0.25) is 5.82 Å². The summed E-state index contributed by atoms with van der Waals surface area (Å²) in [7, 11) is 0. The summed E-state index contributed by atoms with van der Waals surface area (Å²) in [5.41, 5.74) is -0.300. The van der Waals surface area contributed by atoms with Gasteiger partial charge in [-0.1, -0.05) is 13.8 Å². The number of aromatic nitrogens is 2. The van der Waals surface area contributed by atoms with Crippen LogP contribution in [0, 0.1) is 0 Å². The predicted molar refractivity (Wildman–Crippen MR) is 70.3 cm³/mol. The number of hydrogen-bond donors (Lipinski definition) is 1. The molecule has 2 aromatic heterocycles. The normalized spacial score (nSPS) is 11.1. The zero-order chi connectivity index (χ0) is 13.3. The van der Waals surface area contributed by atoms with Crippen LogP contribution in [0.1, 0.15) is 42.2 Å². The Morgan fingerprint density at radius 2 is 2.28 bits per heavy atom. The number of nitrogens with zero attached hydrogens (tertiary/aromatic N) is 1. The number of fused-ring (bicyclic) bond motifs is 1. The van der Waals surface area contributed by atoms with Crippen LogP contribution < -0.4 is 5.56 Å². The van der Waals surface area contributed by atoms with Gasteiger partial charge in [0.15, 0.2) is 0 Å². The maximum Gasteiger partial charge on any atom is 0.374 e. The third-order valence-corrected chi connectivity index (χ3v) is 3.79. The Morgan fingerprint density at radius 3 is 2.89 bits per heavy atom. The van der Waals surface area contributed by atoms with Gasteiger partial charge in [0.1, 0.15) is 4.83 Å². The summed E-state index contributed by atoms with van der Waals surface area (Å²) in [5.74, 6) is -0.308. The topological polar surface area (TPSA) is 72.0 Å². The van der Waals surface area contributed by atoms with Gasteiger partial charge in [0.25, 0.3) is 5.56 Å². The molecule has 2 heterocycles. The summed E-state index contributed by atoms with van der Waals surface area (Å²) in [6.45, 7) is 6.05. The maximum atomic E-state index is 11.8. The van der Waals surface area contributed by atoms with E-state index in [1.165, 1.54) is 11.3 Å². The molecule has 0 spiro atoms. The molecular weight excluding hydrogens is 252 g/mol. The highest BCUT2D eigenvalue weighted by Crippen LogP contribution is 2.27. The lowest BCUT2D eigenvalue weighted by Gasteiger charge is -1.99. The summed E-state index contributed by atoms with van der Waals surface area (Å²) >= 11 is 1.43. The highest BCUT2D eigenvalue weighted by Gasteiger charge is 2.15. The van der Waals surface area contributed by atoms with Crippen molar-refractivity contribution in [2.45, 2.75) is 26.7 Å². The van der Waals surface area contributed by atoms with E-state index in [1.54, 1.807) is 6.92 Å². The Morgan fingerprint density at radius 1 is 1.56 bits per heavy atom. The van der Waals surface area contributed by atoms with Gasteiger partial charge in [0.05, 0.1) is 12.0 Å². The molecule has 18 heavy (non-hydrogen) atoms. The second kappa shape index (κ2) is 4.89. The third kappa shape index (κ3) is 2.28. The Balaban J connectivity index is 2.55. The Kier molecular flexibility index (Phi) is 3.47. The van der Waals surface area contributed by atoms with Gasteiger partial charge in [-0.2, -0.15) is 0 Å². The van der Waals surface area contributed by atoms with Gasteiger partial charge >= 0.3 is 5.97 Å². The lowest BCUT2D eigenvalue weighted by molar-refractivity contribution is 0.0512. The monoisotopic (exact) mass is 266 g/mol. The van der Waals surface area contributed by atoms with Gasteiger partial charge in [-0.25, -0.2) is 9.78 Å². The molecule has 5 nitrogen and oxygen atoms in total. The minimum atomic E-state index is -0.601. The molecule has 0 atom stereocenters. The lowest BCUT2D eigenvalue weighted by atomic mass is 10.2. The minimum Gasteiger partial charge on any atom is -0.460 e. The maximum absolute atomic E-state index is 11.8. The zero-order valence-electron chi connectivity index (χ0n) is 10.4. The standard InChI is InChI=1S/C12H14N2O3S/c1-4-17-12(16)9-13-10(15)7-5-8(6(2)3)18-11(7)14-9/h5-6H,4H2,1-3H3,(H,13,14,15). The number of thiophene rings is 1. The van der Waals surface area contributed by atoms with E-state index in [2.05, 4.69) is 9.97 Å². The average Bonchev–Trinajstić information content (AvgIpc) is 2.73. The van der Waals surface area contributed by atoms with E-state index >= 15 is 0 Å². The summed E-state index contributed by atoms with van der Waals surface area (Å²) < 4.78 is 4.82. The van der Waals surface area contributed by atoms with Crippen molar-refractivity contribution in [3.8, 4) is 0 Å². The van der Waals surface area contributed by atoms with E-state index in [1.807, 2.05) is 19.9 Å². The van der Waals surface area contributed by atoms with E-state index in [-0.39, 0.29) is 18.0 Å². The smallest absolute Gasteiger partial charge is 0.374 e. The van der Waals surface area contributed by atoms with Crippen LogP contribution in [0.4, 0.5) is 0 Å². The van der Waals surface area contributed by atoms with Gasteiger partial charge in [-0.3, -0.25) is 4.79 Å². The molecule has 0 radical (unpaired) electrons. The number of rotatable bonds is 3. The molecule has 0 aliphatic carbocycles. The van der Waals surface area contributed by atoms with Crippen molar-refractivity contribution in [1.82, 2.24) is 9.97 Å². The first-order valence-corrected chi connectivity index (χ1v) is 6.55. The van der Waals surface area contributed by atoms with Crippen LogP contribution in [-0.2, 0) is 4.74 Å². The molecule has 0 unspecified atom stereocenters. The third-order valence-electron chi connectivity index (χ3n) is 2.46. The zero-order valence-corrected chi connectivity index (χ0v) is 11.3. The summed E-state index contributed by atoms with van der Waals surface area (Å²) in [5, 5.41) is 0.525. The quantitative estimate of drug-likeness (QED) is 0.865. The Labute approximate surface area is 108 Å². The SMILES string of the molecule is CCOC(=O)c1nc2sc(C(C)C)cc2c(=O)[nH]1. The number of nitrogens with one attached hydrogen (secondary N) is 1. The molecule has 2 aromatic rings. The molecule has 0 amide bonds. The van der Waals surface area contributed by atoms with Gasteiger partial charge in [-0.15, -0.1) is 11.3 Å². The Hall–Kier alpha value is -1.69. The fraction of sp³-hybridized carbons (Fsp3) is 0.417. The number of aromatic amines is 1. The molecule has 2 rings (SSSR count). The fourth-order valence-electron chi connectivity index (χ4n) is 1.53. The second-order valence-electron chi connectivity index (χ2n) is 4.16. The van der Waals surface area contributed by atoms with Gasteiger partial charge in [-0.05, 0) is 18.9 Å². The number of H-pyrrole nitrogens is 1. The van der Waals surface area contributed by atoms with Crippen LogP contribution in [0.3, 0.4) is 0 Å². The highest BCUT2D eigenvalue weighted by molar-refractivity contribution is 7.18. The molecule has 0 saturated carbocycles. The van der Waals surface area contributed by atoms with Crippen LogP contribution in [0.2, 0.25) is 0 Å². The summed E-state index contributed by atoms with van der Waals surface area (Å²) in [4.78, 5) is 31.6. The molecule has 1 N–H and O–H groups in total.